The molecule has 0 saturated heterocycles. The number of ether oxygens (including phenoxy) is 1. The fourth-order valence-electron chi connectivity index (χ4n) is 1.78. The van der Waals surface area contributed by atoms with Gasteiger partial charge in [-0.15, -0.1) is 0 Å². The molecule has 0 atom stereocenters. The number of hydrogen-bond donors (Lipinski definition) is 0. The minimum atomic E-state index is -4.53. The quantitative estimate of drug-likeness (QED) is 0.789. The Labute approximate surface area is 106 Å². The molecule has 7 heteroatoms. The van der Waals surface area contributed by atoms with E-state index in [2.05, 4.69) is 4.98 Å². The Morgan fingerprint density at radius 1 is 1.42 bits per heavy atom. The molecule has 0 spiro atoms. The lowest BCUT2D eigenvalue weighted by molar-refractivity contribution is -0.146. The van der Waals surface area contributed by atoms with Crippen LogP contribution < -0.4 is 0 Å². The van der Waals surface area contributed by atoms with E-state index >= 15 is 0 Å². The van der Waals surface area contributed by atoms with Gasteiger partial charge >= 0.3 is 12.1 Å². The number of aromatic nitrogens is 2. The molecule has 0 radical (unpaired) electrons. The number of aryl methyl sites for hydroxylation is 1. The molecule has 1 aromatic carbocycles. The Balaban J connectivity index is 2.55. The molecule has 0 amide bonds. The van der Waals surface area contributed by atoms with Crippen LogP contribution in [0.4, 0.5) is 13.2 Å². The van der Waals surface area contributed by atoms with Crippen LogP contribution in [0.15, 0.2) is 18.2 Å². The molecule has 19 heavy (non-hydrogen) atoms. The van der Waals surface area contributed by atoms with Crippen LogP contribution in [0.2, 0.25) is 0 Å². The zero-order chi connectivity index (χ0) is 14.2. The summed E-state index contributed by atoms with van der Waals surface area (Å²) >= 11 is 0. The van der Waals surface area contributed by atoms with E-state index in [-0.39, 0.29) is 23.2 Å². The molecule has 4 nitrogen and oxygen atoms in total. The number of fused-ring (bicyclic) bond motifs is 1. The van der Waals surface area contributed by atoms with Crippen LogP contribution in [0.1, 0.15) is 23.1 Å². The highest BCUT2D eigenvalue weighted by molar-refractivity contribution is 5.93. The van der Waals surface area contributed by atoms with E-state index in [0.29, 0.717) is 0 Å². The molecular formula is C12H11F3N2O2. The van der Waals surface area contributed by atoms with Crippen molar-refractivity contribution in [2.75, 3.05) is 6.61 Å². The standard InChI is InChI=1S/C12H11F3N2O2/c1-3-19-10(18)7-4-5-8-9(6-7)17(2)11(16-8)12(13,14)15/h4-6H,3H2,1-2H3. The van der Waals surface area contributed by atoms with E-state index < -0.39 is 18.0 Å². The maximum absolute atomic E-state index is 12.7. The van der Waals surface area contributed by atoms with Crippen molar-refractivity contribution in [1.29, 1.82) is 0 Å². The second kappa shape index (κ2) is 4.56. The minimum absolute atomic E-state index is 0.183. The average molecular weight is 272 g/mol. The van der Waals surface area contributed by atoms with Gasteiger partial charge in [0.1, 0.15) is 0 Å². The van der Waals surface area contributed by atoms with Gasteiger partial charge in [-0.3, -0.25) is 0 Å². The SMILES string of the molecule is CCOC(=O)c1ccc2nc(C(F)(F)F)n(C)c2c1. The van der Waals surface area contributed by atoms with E-state index in [4.69, 9.17) is 4.74 Å². The van der Waals surface area contributed by atoms with Crippen molar-refractivity contribution >= 4 is 17.0 Å². The summed E-state index contributed by atoms with van der Waals surface area (Å²) in [5.74, 6) is -1.57. The van der Waals surface area contributed by atoms with Crippen molar-refractivity contribution in [3.63, 3.8) is 0 Å². The van der Waals surface area contributed by atoms with Crippen molar-refractivity contribution < 1.29 is 22.7 Å². The molecule has 2 aromatic rings. The van der Waals surface area contributed by atoms with Gasteiger partial charge in [0.05, 0.1) is 23.2 Å². The van der Waals surface area contributed by atoms with Gasteiger partial charge in [0, 0.05) is 7.05 Å². The summed E-state index contributed by atoms with van der Waals surface area (Å²) in [4.78, 5) is 15.0. The molecule has 1 aromatic heterocycles. The first-order valence-electron chi connectivity index (χ1n) is 5.55. The highest BCUT2D eigenvalue weighted by atomic mass is 19.4. The Morgan fingerprint density at radius 3 is 2.68 bits per heavy atom. The zero-order valence-corrected chi connectivity index (χ0v) is 10.3. The van der Waals surface area contributed by atoms with Gasteiger partial charge in [-0.25, -0.2) is 9.78 Å². The molecule has 0 N–H and O–H groups in total. The summed E-state index contributed by atoms with van der Waals surface area (Å²) in [5, 5.41) is 0. The smallest absolute Gasteiger partial charge is 0.449 e. The van der Waals surface area contributed by atoms with E-state index in [1.807, 2.05) is 0 Å². The van der Waals surface area contributed by atoms with Crippen LogP contribution in [0.5, 0.6) is 0 Å². The first kappa shape index (κ1) is 13.4. The van der Waals surface area contributed by atoms with E-state index in [9.17, 15) is 18.0 Å². The summed E-state index contributed by atoms with van der Waals surface area (Å²) in [6, 6.07) is 4.11. The maximum Gasteiger partial charge on any atom is 0.449 e. The lowest BCUT2D eigenvalue weighted by atomic mass is 10.2. The number of hydrogen-bond acceptors (Lipinski definition) is 3. The number of nitrogens with zero attached hydrogens (tertiary/aromatic N) is 2. The summed E-state index contributed by atoms with van der Waals surface area (Å²) in [6.45, 7) is 1.86. The summed E-state index contributed by atoms with van der Waals surface area (Å²) in [6.07, 6.45) is -4.53. The summed E-state index contributed by atoms with van der Waals surface area (Å²) in [5.41, 5.74) is 0.617. The van der Waals surface area contributed by atoms with Gasteiger partial charge in [0.25, 0.3) is 0 Å². The van der Waals surface area contributed by atoms with Crippen molar-refractivity contribution in [2.24, 2.45) is 7.05 Å². The first-order valence-corrected chi connectivity index (χ1v) is 5.55. The van der Waals surface area contributed by atoms with Crippen LogP contribution in [-0.4, -0.2) is 22.1 Å². The van der Waals surface area contributed by atoms with Gasteiger partial charge in [-0.1, -0.05) is 0 Å². The predicted molar refractivity (Wildman–Crippen MR) is 61.7 cm³/mol. The topological polar surface area (TPSA) is 44.1 Å². The molecule has 0 bridgehead atoms. The van der Waals surface area contributed by atoms with Gasteiger partial charge < -0.3 is 9.30 Å². The molecule has 0 aliphatic heterocycles. The summed E-state index contributed by atoms with van der Waals surface area (Å²) < 4.78 is 43.8. The number of rotatable bonds is 2. The van der Waals surface area contributed by atoms with Gasteiger partial charge in [0.2, 0.25) is 5.82 Å². The fraction of sp³-hybridized carbons (Fsp3) is 0.333. The Morgan fingerprint density at radius 2 is 2.11 bits per heavy atom. The second-order valence-corrected chi connectivity index (χ2v) is 3.92. The average Bonchev–Trinajstić information content (AvgIpc) is 2.66. The molecule has 102 valence electrons. The minimum Gasteiger partial charge on any atom is -0.462 e. The largest absolute Gasteiger partial charge is 0.462 e. The third-order valence-electron chi connectivity index (χ3n) is 2.65. The molecule has 0 saturated carbocycles. The number of esters is 1. The number of imidazole rings is 1. The van der Waals surface area contributed by atoms with Crippen LogP contribution >= 0.6 is 0 Å². The van der Waals surface area contributed by atoms with Crippen molar-refractivity contribution in [3.8, 4) is 0 Å². The van der Waals surface area contributed by atoms with Crippen LogP contribution in [0, 0.1) is 0 Å². The van der Waals surface area contributed by atoms with E-state index in [1.165, 1.54) is 25.2 Å². The van der Waals surface area contributed by atoms with Gasteiger partial charge in [0.15, 0.2) is 0 Å². The molecule has 0 aliphatic rings. The first-order chi connectivity index (χ1) is 8.84. The van der Waals surface area contributed by atoms with Crippen molar-refractivity contribution in [1.82, 2.24) is 9.55 Å². The maximum atomic E-state index is 12.7. The molecule has 0 aliphatic carbocycles. The van der Waals surface area contributed by atoms with Crippen molar-refractivity contribution in [3.05, 3.63) is 29.6 Å². The highest BCUT2D eigenvalue weighted by Gasteiger charge is 2.36. The number of carbonyl (C=O) groups excluding carboxylic acids is 1. The third-order valence-corrected chi connectivity index (χ3v) is 2.65. The van der Waals surface area contributed by atoms with Crippen LogP contribution in [0.3, 0.4) is 0 Å². The monoisotopic (exact) mass is 272 g/mol. The second-order valence-electron chi connectivity index (χ2n) is 3.92. The van der Waals surface area contributed by atoms with Gasteiger partial charge in [-0.2, -0.15) is 13.2 Å². The van der Waals surface area contributed by atoms with Gasteiger partial charge in [-0.05, 0) is 25.1 Å². The number of benzene rings is 1. The fourth-order valence-corrected chi connectivity index (χ4v) is 1.78. The molecular weight excluding hydrogens is 261 g/mol. The van der Waals surface area contributed by atoms with Crippen LogP contribution in [-0.2, 0) is 18.0 Å². The normalized spacial score (nSPS) is 11.8. The molecule has 0 unspecified atom stereocenters. The lowest BCUT2D eigenvalue weighted by Gasteiger charge is -2.06. The lowest BCUT2D eigenvalue weighted by Crippen LogP contribution is -2.12. The predicted octanol–water partition coefficient (Wildman–Crippen LogP) is 2.77. The number of carbonyl (C=O) groups is 1. The molecule has 1 heterocycles. The summed E-state index contributed by atoms with van der Waals surface area (Å²) in [7, 11) is 1.26. The third kappa shape index (κ3) is 2.40. The number of alkyl halides is 3. The van der Waals surface area contributed by atoms with Crippen LogP contribution in [0.25, 0.3) is 11.0 Å². The molecule has 0 fully saturated rings. The Bertz CT molecular complexity index is 632. The molecule has 2 rings (SSSR count). The van der Waals surface area contributed by atoms with Crippen molar-refractivity contribution in [2.45, 2.75) is 13.1 Å². The van der Waals surface area contributed by atoms with E-state index in [0.717, 1.165) is 4.57 Å². The Kier molecular flexibility index (Phi) is 3.21. The highest BCUT2D eigenvalue weighted by Crippen LogP contribution is 2.30. The Hall–Kier alpha value is -2.05. The number of halogens is 3. The zero-order valence-electron chi connectivity index (χ0n) is 10.3. The van der Waals surface area contributed by atoms with E-state index in [1.54, 1.807) is 6.92 Å².